The summed E-state index contributed by atoms with van der Waals surface area (Å²) in [5.41, 5.74) is 0.726. The van der Waals surface area contributed by atoms with E-state index < -0.39 is 4.92 Å². The van der Waals surface area contributed by atoms with E-state index in [-0.39, 0.29) is 11.4 Å². The minimum atomic E-state index is -0.440. The second-order valence-corrected chi connectivity index (χ2v) is 4.65. The van der Waals surface area contributed by atoms with Crippen molar-refractivity contribution < 1.29 is 14.1 Å². The number of nitro groups is 1. The number of hydrogen-bond donors (Lipinski definition) is 1. The molecule has 0 saturated carbocycles. The van der Waals surface area contributed by atoms with Crippen LogP contribution in [0.25, 0.3) is 0 Å². The topological polar surface area (TPSA) is 77.5 Å². The summed E-state index contributed by atoms with van der Waals surface area (Å²) in [6.07, 6.45) is 0.792. The molecule has 0 fully saturated rings. The smallest absolute Gasteiger partial charge is 0.311 e. The fourth-order valence-corrected chi connectivity index (χ4v) is 1.87. The Labute approximate surface area is 122 Å². The van der Waals surface area contributed by atoms with Gasteiger partial charge >= 0.3 is 5.69 Å². The lowest BCUT2D eigenvalue weighted by Crippen LogP contribution is -2.02. The molecule has 0 aliphatic rings. The molecule has 21 heavy (non-hydrogen) atoms. The van der Waals surface area contributed by atoms with Gasteiger partial charge in [0.05, 0.1) is 18.1 Å². The summed E-state index contributed by atoms with van der Waals surface area (Å²) >= 11 is 0. The van der Waals surface area contributed by atoms with E-state index in [9.17, 15) is 10.1 Å². The van der Waals surface area contributed by atoms with E-state index in [0.29, 0.717) is 13.2 Å². The molecule has 0 spiro atoms. The van der Waals surface area contributed by atoms with Crippen LogP contribution in [-0.2, 0) is 6.54 Å². The Morgan fingerprint density at radius 3 is 2.76 bits per heavy atom. The summed E-state index contributed by atoms with van der Waals surface area (Å²) < 4.78 is 10.9. The quantitative estimate of drug-likeness (QED) is 0.618. The molecule has 1 heterocycles. The minimum Gasteiger partial charge on any atom is -0.487 e. The minimum absolute atomic E-state index is 0.0251. The van der Waals surface area contributed by atoms with E-state index in [1.807, 2.05) is 26.0 Å². The van der Waals surface area contributed by atoms with Gasteiger partial charge in [0.2, 0.25) is 0 Å². The van der Waals surface area contributed by atoms with Crippen molar-refractivity contribution in [3.8, 4) is 5.75 Å². The molecule has 0 atom stereocenters. The number of anilines is 1. The largest absolute Gasteiger partial charge is 0.487 e. The second kappa shape index (κ2) is 6.78. The summed E-state index contributed by atoms with van der Waals surface area (Å²) in [6.45, 7) is 4.79. The van der Waals surface area contributed by atoms with Crippen molar-refractivity contribution in [1.82, 2.24) is 0 Å². The van der Waals surface area contributed by atoms with Crippen LogP contribution in [0.15, 0.2) is 34.7 Å². The number of nitrogens with zero attached hydrogens (tertiary/aromatic N) is 1. The van der Waals surface area contributed by atoms with Gasteiger partial charge in [0.25, 0.3) is 0 Å². The molecule has 0 aliphatic heterocycles. The van der Waals surface area contributed by atoms with Crippen molar-refractivity contribution in [3.05, 3.63) is 52.0 Å². The lowest BCUT2D eigenvalue weighted by atomic mass is 10.2. The van der Waals surface area contributed by atoms with Gasteiger partial charge in [-0.15, -0.1) is 0 Å². The van der Waals surface area contributed by atoms with Gasteiger partial charge in [-0.2, -0.15) is 0 Å². The van der Waals surface area contributed by atoms with Crippen LogP contribution in [0.5, 0.6) is 5.75 Å². The predicted molar refractivity (Wildman–Crippen MR) is 79.7 cm³/mol. The molecule has 112 valence electrons. The first-order chi connectivity index (χ1) is 10.1. The Morgan fingerprint density at radius 1 is 1.33 bits per heavy atom. The molecule has 1 N–H and O–H groups in total. The zero-order valence-corrected chi connectivity index (χ0v) is 12.1. The molecule has 0 radical (unpaired) electrons. The third-order valence-electron chi connectivity index (χ3n) is 2.88. The molecule has 0 aliphatic carbocycles. The predicted octanol–water partition coefficient (Wildman–Crippen LogP) is 3.90. The van der Waals surface area contributed by atoms with Crippen molar-refractivity contribution in [2.24, 2.45) is 0 Å². The van der Waals surface area contributed by atoms with Crippen LogP contribution in [-0.4, -0.2) is 11.5 Å². The Bertz CT molecular complexity index is 622. The van der Waals surface area contributed by atoms with Gasteiger partial charge in [0, 0.05) is 17.8 Å². The van der Waals surface area contributed by atoms with Gasteiger partial charge in [-0.1, -0.05) is 6.92 Å². The highest BCUT2D eigenvalue weighted by Crippen LogP contribution is 2.30. The maximum atomic E-state index is 11.0. The molecule has 1 aromatic heterocycles. The third-order valence-corrected chi connectivity index (χ3v) is 2.88. The van der Waals surface area contributed by atoms with E-state index in [2.05, 4.69) is 5.32 Å². The van der Waals surface area contributed by atoms with Crippen LogP contribution >= 0.6 is 0 Å². The monoisotopic (exact) mass is 290 g/mol. The molecule has 1 aromatic carbocycles. The molecular formula is C15H18N2O4. The molecule has 2 rings (SSSR count). The van der Waals surface area contributed by atoms with Gasteiger partial charge in [0.1, 0.15) is 11.5 Å². The number of nitrogens with one attached hydrogen (secondary N) is 1. The highest BCUT2D eigenvalue weighted by atomic mass is 16.6. The number of aryl methyl sites for hydroxylation is 1. The molecular weight excluding hydrogens is 272 g/mol. The normalized spacial score (nSPS) is 10.4. The Balaban J connectivity index is 2.10. The first kappa shape index (κ1) is 14.9. The van der Waals surface area contributed by atoms with E-state index in [4.69, 9.17) is 9.15 Å². The maximum absolute atomic E-state index is 11.0. The van der Waals surface area contributed by atoms with Crippen molar-refractivity contribution >= 4 is 11.4 Å². The molecule has 6 heteroatoms. The van der Waals surface area contributed by atoms with Gasteiger partial charge in [-0.25, -0.2) is 0 Å². The van der Waals surface area contributed by atoms with Gasteiger partial charge in [-0.3, -0.25) is 10.1 Å². The van der Waals surface area contributed by atoms with Crippen molar-refractivity contribution in [2.75, 3.05) is 11.9 Å². The highest BCUT2D eigenvalue weighted by molar-refractivity contribution is 5.58. The zero-order valence-electron chi connectivity index (χ0n) is 12.1. The standard InChI is InChI=1S/C15H18N2O4/c1-3-8-20-15-9-12(5-7-14(15)17(18)19)16-10-13-6-4-11(2)21-13/h4-7,9,16H,3,8,10H2,1-2H3. The fraction of sp³-hybridized carbons (Fsp3) is 0.333. The van der Waals surface area contributed by atoms with Crippen LogP contribution in [0.1, 0.15) is 24.9 Å². The summed E-state index contributed by atoms with van der Waals surface area (Å²) in [6, 6.07) is 8.53. The third kappa shape index (κ3) is 3.98. The first-order valence-corrected chi connectivity index (χ1v) is 6.80. The Hall–Kier alpha value is -2.50. The zero-order chi connectivity index (χ0) is 15.2. The van der Waals surface area contributed by atoms with Gasteiger partial charge < -0.3 is 14.5 Å². The van der Waals surface area contributed by atoms with E-state index >= 15 is 0 Å². The van der Waals surface area contributed by atoms with Gasteiger partial charge in [0.15, 0.2) is 5.75 Å². The lowest BCUT2D eigenvalue weighted by Gasteiger charge is -2.09. The summed E-state index contributed by atoms with van der Waals surface area (Å²) in [5.74, 6) is 1.94. The highest BCUT2D eigenvalue weighted by Gasteiger charge is 2.15. The maximum Gasteiger partial charge on any atom is 0.311 e. The second-order valence-electron chi connectivity index (χ2n) is 4.65. The van der Waals surface area contributed by atoms with Crippen molar-refractivity contribution in [3.63, 3.8) is 0 Å². The van der Waals surface area contributed by atoms with Crippen LogP contribution < -0.4 is 10.1 Å². The number of benzene rings is 1. The molecule has 6 nitrogen and oxygen atoms in total. The van der Waals surface area contributed by atoms with E-state index in [0.717, 1.165) is 23.6 Å². The van der Waals surface area contributed by atoms with Crippen LogP contribution in [0.3, 0.4) is 0 Å². The summed E-state index contributed by atoms with van der Waals surface area (Å²) in [7, 11) is 0. The summed E-state index contributed by atoms with van der Waals surface area (Å²) in [4.78, 5) is 10.5. The molecule has 0 unspecified atom stereocenters. The SMILES string of the molecule is CCCOc1cc(NCc2ccc(C)o2)ccc1[N+](=O)[O-]. The number of furan rings is 1. The fourth-order valence-electron chi connectivity index (χ4n) is 1.87. The van der Waals surface area contributed by atoms with Crippen LogP contribution in [0.4, 0.5) is 11.4 Å². The Kier molecular flexibility index (Phi) is 4.81. The first-order valence-electron chi connectivity index (χ1n) is 6.80. The van der Waals surface area contributed by atoms with Gasteiger partial charge in [-0.05, 0) is 31.5 Å². The average molecular weight is 290 g/mol. The Morgan fingerprint density at radius 2 is 2.14 bits per heavy atom. The molecule has 2 aromatic rings. The lowest BCUT2D eigenvalue weighted by molar-refractivity contribution is -0.385. The number of nitro benzene ring substituents is 1. The summed E-state index contributed by atoms with van der Waals surface area (Å²) in [5, 5.41) is 14.1. The molecule has 0 bridgehead atoms. The van der Waals surface area contributed by atoms with Crippen molar-refractivity contribution in [2.45, 2.75) is 26.8 Å². The molecule has 0 saturated heterocycles. The van der Waals surface area contributed by atoms with Crippen LogP contribution in [0, 0.1) is 17.0 Å². The molecule has 0 amide bonds. The average Bonchev–Trinajstić information content (AvgIpc) is 2.88. The van der Waals surface area contributed by atoms with Crippen molar-refractivity contribution in [1.29, 1.82) is 0 Å². The van der Waals surface area contributed by atoms with E-state index in [1.54, 1.807) is 12.1 Å². The number of rotatable bonds is 7. The van der Waals surface area contributed by atoms with E-state index in [1.165, 1.54) is 6.07 Å². The number of ether oxygens (including phenoxy) is 1. The van der Waals surface area contributed by atoms with Crippen LogP contribution in [0.2, 0.25) is 0 Å². The number of hydrogen-bond acceptors (Lipinski definition) is 5.